The largest absolute Gasteiger partial charge is 0.494 e. The number of ether oxygens (including phenoxy) is 1. The van der Waals surface area contributed by atoms with Crippen LogP contribution in [0.5, 0.6) is 5.75 Å². The Balaban J connectivity index is 2.19. The van der Waals surface area contributed by atoms with E-state index in [1.165, 1.54) is 4.31 Å². The highest BCUT2D eigenvalue weighted by molar-refractivity contribution is 7.89. The average molecular weight is 333 g/mol. The van der Waals surface area contributed by atoms with Crippen molar-refractivity contribution in [1.82, 2.24) is 4.31 Å². The van der Waals surface area contributed by atoms with Crippen LogP contribution in [0.1, 0.15) is 23.6 Å². The first-order valence-corrected chi connectivity index (χ1v) is 9.04. The van der Waals surface area contributed by atoms with Gasteiger partial charge in [0.05, 0.1) is 11.5 Å². The van der Waals surface area contributed by atoms with Gasteiger partial charge in [-0.25, -0.2) is 8.42 Å². The van der Waals surface area contributed by atoms with Crippen molar-refractivity contribution >= 4 is 10.0 Å². The molecule has 0 aromatic heterocycles. The van der Waals surface area contributed by atoms with Crippen LogP contribution < -0.4 is 4.74 Å². The summed E-state index contributed by atoms with van der Waals surface area (Å²) in [6.45, 7) is 6.64. The summed E-state index contributed by atoms with van der Waals surface area (Å²) in [6, 6.07) is 12.9. The summed E-state index contributed by atoms with van der Waals surface area (Å²) in [5.74, 6) is 0.788. The third kappa shape index (κ3) is 4.12. The van der Waals surface area contributed by atoms with Gasteiger partial charge in [0.2, 0.25) is 10.0 Å². The first kappa shape index (κ1) is 17.5. The van der Waals surface area contributed by atoms with Gasteiger partial charge < -0.3 is 4.74 Å². The molecule has 0 fully saturated rings. The molecule has 0 heterocycles. The molecule has 0 amide bonds. The second-order valence-electron chi connectivity index (χ2n) is 5.61. The minimum absolute atomic E-state index is 0.321. The Morgan fingerprint density at radius 1 is 1.04 bits per heavy atom. The van der Waals surface area contributed by atoms with Crippen molar-refractivity contribution in [3.05, 3.63) is 59.2 Å². The molecule has 0 N–H and O–H groups in total. The Bertz CT molecular complexity index is 767. The highest BCUT2D eigenvalue weighted by Crippen LogP contribution is 2.22. The van der Waals surface area contributed by atoms with Gasteiger partial charge >= 0.3 is 0 Å². The Hall–Kier alpha value is -1.85. The molecule has 124 valence electrons. The normalized spacial score (nSPS) is 11.7. The first-order valence-electron chi connectivity index (χ1n) is 7.60. The quantitative estimate of drug-likeness (QED) is 0.812. The Morgan fingerprint density at radius 3 is 2.26 bits per heavy atom. The summed E-state index contributed by atoms with van der Waals surface area (Å²) in [4.78, 5) is 0.358. The van der Waals surface area contributed by atoms with Gasteiger partial charge in [-0.3, -0.25) is 0 Å². The fourth-order valence-electron chi connectivity index (χ4n) is 2.46. The summed E-state index contributed by atoms with van der Waals surface area (Å²) in [5.41, 5.74) is 2.74. The topological polar surface area (TPSA) is 46.6 Å². The molecule has 4 nitrogen and oxygen atoms in total. The molecule has 0 bridgehead atoms. The summed E-state index contributed by atoms with van der Waals surface area (Å²) in [6.07, 6.45) is 0. The molecular weight excluding hydrogens is 310 g/mol. The number of sulfonamides is 1. The number of aryl methyl sites for hydroxylation is 2. The van der Waals surface area contributed by atoms with Crippen molar-refractivity contribution in [3.63, 3.8) is 0 Å². The van der Waals surface area contributed by atoms with Gasteiger partial charge in [-0.05, 0) is 50.1 Å². The van der Waals surface area contributed by atoms with Gasteiger partial charge in [0.1, 0.15) is 5.75 Å². The molecule has 0 aliphatic carbocycles. The lowest BCUT2D eigenvalue weighted by atomic mass is 10.2. The minimum Gasteiger partial charge on any atom is -0.494 e. The van der Waals surface area contributed by atoms with Crippen molar-refractivity contribution in [2.24, 2.45) is 0 Å². The second kappa shape index (κ2) is 7.15. The summed E-state index contributed by atoms with van der Waals surface area (Å²) in [5, 5.41) is 0. The maximum absolute atomic E-state index is 12.7. The van der Waals surface area contributed by atoms with E-state index in [9.17, 15) is 8.42 Å². The predicted octanol–water partition coefficient (Wildman–Crippen LogP) is 3.52. The van der Waals surface area contributed by atoms with E-state index in [-0.39, 0.29) is 0 Å². The average Bonchev–Trinajstić information content (AvgIpc) is 2.49. The zero-order chi connectivity index (χ0) is 17.0. The van der Waals surface area contributed by atoms with Gasteiger partial charge in [-0.15, -0.1) is 0 Å². The highest BCUT2D eigenvalue weighted by atomic mass is 32.2. The molecule has 23 heavy (non-hydrogen) atoms. The maximum atomic E-state index is 12.7. The lowest BCUT2D eigenvalue weighted by Gasteiger charge is -2.19. The molecule has 0 unspecified atom stereocenters. The van der Waals surface area contributed by atoms with Crippen molar-refractivity contribution in [1.29, 1.82) is 0 Å². The molecular formula is C18H23NO3S. The van der Waals surface area contributed by atoms with Gasteiger partial charge in [0, 0.05) is 13.6 Å². The number of nitrogens with zero attached hydrogens (tertiary/aromatic N) is 1. The zero-order valence-corrected chi connectivity index (χ0v) is 14.9. The predicted molar refractivity (Wildman–Crippen MR) is 92.2 cm³/mol. The van der Waals surface area contributed by atoms with E-state index in [2.05, 4.69) is 0 Å². The summed E-state index contributed by atoms with van der Waals surface area (Å²) >= 11 is 0. The monoisotopic (exact) mass is 333 g/mol. The van der Waals surface area contributed by atoms with Crippen LogP contribution in [0.25, 0.3) is 0 Å². The number of rotatable bonds is 6. The number of hydrogen-bond donors (Lipinski definition) is 0. The number of benzene rings is 2. The Labute approximate surface area is 138 Å². The summed E-state index contributed by atoms with van der Waals surface area (Å²) in [7, 11) is -1.90. The molecule has 0 saturated carbocycles. The summed E-state index contributed by atoms with van der Waals surface area (Å²) < 4.78 is 32.3. The van der Waals surface area contributed by atoms with E-state index in [1.807, 2.05) is 57.2 Å². The third-order valence-electron chi connectivity index (χ3n) is 3.66. The van der Waals surface area contributed by atoms with Crippen LogP contribution in [0, 0.1) is 13.8 Å². The van der Waals surface area contributed by atoms with Crippen molar-refractivity contribution in [2.45, 2.75) is 32.2 Å². The van der Waals surface area contributed by atoms with Crippen LogP contribution in [0.2, 0.25) is 0 Å². The zero-order valence-electron chi connectivity index (χ0n) is 14.0. The molecule has 2 rings (SSSR count). The Kier molecular flexibility index (Phi) is 5.44. The van der Waals surface area contributed by atoms with E-state index in [1.54, 1.807) is 13.1 Å². The minimum atomic E-state index is -3.50. The molecule has 0 aliphatic rings. The lowest BCUT2D eigenvalue weighted by molar-refractivity contribution is 0.340. The van der Waals surface area contributed by atoms with E-state index in [0.29, 0.717) is 18.0 Å². The fraction of sp³-hybridized carbons (Fsp3) is 0.333. The third-order valence-corrected chi connectivity index (χ3v) is 5.62. The van der Waals surface area contributed by atoms with Crippen LogP contribution >= 0.6 is 0 Å². The van der Waals surface area contributed by atoms with Crippen molar-refractivity contribution in [2.75, 3.05) is 13.7 Å². The smallest absolute Gasteiger partial charge is 0.243 e. The second-order valence-corrected chi connectivity index (χ2v) is 7.62. The van der Waals surface area contributed by atoms with E-state index < -0.39 is 10.0 Å². The van der Waals surface area contributed by atoms with Crippen LogP contribution in [0.4, 0.5) is 0 Å². The van der Waals surface area contributed by atoms with Gasteiger partial charge in [0.25, 0.3) is 0 Å². The molecule has 0 atom stereocenters. The molecule has 0 spiro atoms. The van der Waals surface area contributed by atoms with E-state index in [0.717, 1.165) is 22.4 Å². The molecule has 0 aliphatic heterocycles. The van der Waals surface area contributed by atoms with Crippen LogP contribution in [-0.4, -0.2) is 26.4 Å². The highest BCUT2D eigenvalue weighted by Gasteiger charge is 2.22. The molecule has 0 radical (unpaired) electrons. The lowest BCUT2D eigenvalue weighted by Crippen LogP contribution is -2.27. The van der Waals surface area contributed by atoms with Crippen LogP contribution in [0.3, 0.4) is 0 Å². The Morgan fingerprint density at radius 2 is 1.70 bits per heavy atom. The van der Waals surface area contributed by atoms with Gasteiger partial charge in [-0.2, -0.15) is 4.31 Å². The molecule has 2 aromatic rings. The standard InChI is InChI=1S/C18H23NO3S/c1-5-22-17-9-7-16(8-10-17)13-19(4)23(20,21)18-11-6-14(2)12-15(18)3/h6-12H,5,13H2,1-4H3. The first-order chi connectivity index (χ1) is 10.8. The van der Waals surface area contributed by atoms with Crippen LogP contribution in [-0.2, 0) is 16.6 Å². The number of hydrogen-bond acceptors (Lipinski definition) is 3. The SMILES string of the molecule is CCOc1ccc(CN(C)S(=O)(=O)c2ccc(C)cc2C)cc1. The fourth-order valence-corrected chi connectivity index (χ4v) is 3.82. The van der Waals surface area contributed by atoms with Crippen molar-refractivity contribution < 1.29 is 13.2 Å². The molecule has 0 saturated heterocycles. The van der Waals surface area contributed by atoms with Crippen LogP contribution in [0.15, 0.2) is 47.4 Å². The molecule has 2 aromatic carbocycles. The van der Waals surface area contributed by atoms with Crippen molar-refractivity contribution in [3.8, 4) is 5.75 Å². The maximum Gasteiger partial charge on any atom is 0.243 e. The van der Waals surface area contributed by atoms with E-state index in [4.69, 9.17) is 4.74 Å². The van der Waals surface area contributed by atoms with Gasteiger partial charge in [-0.1, -0.05) is 29.8 Å². The van der Waals surface area contributed by atoms with Gasteiger partial charge in [0.15, 0.2) is 0 Å². The van der Waals surface area contributed by atoms with E-state index >= 15 is 0 Å². The molecule has 5 heteroatoms.